The lowest BCUT2D eigenvalue weighted by Gasteiger charge is -2.39. The van der Waals surface area contributed by atoms with Crippen molar-refractivity contribution in [1.29, 1.82) is 0 Å². The van der Waals surface area contributed by atoms with Crippen LogP contribution >= 0.6 is 23.2 Å². The molecule has 1 aliphatic rings. The Kier molecular flexibility index (Phi) is 5.74. The topological polar surface area (TPSA) is 29.3 Å². The highest BCUT2D eigenvalue weighted by atomic mass is 35.5. The fraction of sp³-hybridized carbons (Fsp3) is 0.625. The number of halogens is 2. The number of hydrogen-bond donors (Lipinski definition) is 1. The maximum absolute atomic E-state index is 6.36. The molecule has 1 saturated carbocycles. The van der Waals surface area contributed by atoms with Gasteiger partial charge in [-0.25, -0.2) is 0 Å². The minimum absolute atomic E-state index is 0.136. The summed E-state index contributed by atoms with van der Waals surface area (Å²) in [4.78, 5) is 2.40. The predicted octanol–water partition coefficient (Wildman–Crippen LogP) is 4.50. The molecule has 0 radical (unpaired) electrons. The molecule has 4 heteroatoms. The molecule has 2 N–H and O–H groups in total. The van der Waals surface area contributed by atoms with Crippen LogP contribution in [0.1, 0.15) is 44.2 Å². The van der Waals surface area contributed by atoms with Crippen LogP contribution in [0, 0.1) is 5.92 Å². The summed E-state index contributed by atoms with van der Waals surface area (Å²) in [6.45, 7) is 2.89. The molecule has 0 amide bonds. The normalized spacial score (nSPS) is 24.9. The van der Waals surface area contributed by atoms with E-state index in [-0.39, 0.29) is 6.04 Å². The summed E-state index contributed by atoms with van der Waals surface area (Å²) < 4.78 is 0. The van der Waals surface area contributed by atoms with Crippen LogP contribution in [-0.2, 0) is 0 Å². The van der Waals surface area contributed by atoms with Crippen LogP contribution in [0.15, 0.2) is 18.2 Å². The summed E-state index contributed by atoms with van der Waals surface area (Å²) in [5.74, 6) is 0.796. The lowest BCUT2D eigenvalue weighted by atomic mass is 9.85. The van der Waals surface area contributed by atoms with Crippen molar-refractivity contribution in [3.8, 4) is 0 Å². The highest BCUT2D eigenvalue weighted by Gasteiger charge is 2.28. The van der Waals surface area contributed by atoms with Crippen molar-refractivity contribution in [3.05, 3.63) is 33.8 Å². The van der Waals surface area contributed by atoms with Crippen LogP contribution in [0.25, 0.3) is 0 Å². The van der Waals surface area contributed by atoms with Gasteiger partial charge in [0.25, 0.3) is 0 Å². The van der Waals surface area contributed by atoms with E-state index in [9.17, 15) is 0 Å². The van der Waals surface area contributed by atoms with Crippen molar-refractivity contribution in [3.63, 3.8) is 0 Å². The molecule has 0 heterocycles. The smallest absolute Gasteiger partial charge is 0.0640 e. The number of nitrogens with two attached hydrogens (primary N) is 1. The van der Waals surface area contributed by atoms with Crippen LogP contribution in [-0.4, -0.2) is 24.5 Å². The molecule has 0 aliphatic heterocycles. The van der Waals surface area contributed by atoms with Gasteiger partial charge in [-0.15, -0.1) is 0 Å². The van der Waals surface area contributed by atoms with Gasteiger partial charge in [-0.05, 0) is 37.4 Å². The number of rotatable bonds is 4. The number of nitrogens with zero attached hydrogens (tertiary/aromatic N) is 1. The second-order valence-electron chi connectivity index (χ2n) is 5.99. The van der Waals surface area contributed by atoms with E-state index in [0.29, 0.717) is 22.6 Å². The van der Waals surface area contributed by atoms with Gasteiger partial charge in [0, 0.05) is 18.6 Å². The molecule has 112 valence electrons. The number of likely N-dealkylation sites (N-methyl/N-ethyl adjacent to an activating group) is 1. The highest BCUT2D eigenvalue weighted by Crippen LogP contribution is 2.35. The summed E-state index contributed by atoms with van der Waals surface area (Å²) in [6.07, 6.45) is 5.13. The van der Waals surface area contributed by atoms with Gasteiger partial charge in [0.2, 0.25) is 0 Å². The van der Waals surface area contributed by atoms with Gasteiger partial charge >= 0.3 is 0 Å². The van der Waals surface area contributed by atoms with Crippen LogP contribution in [0.4, 0.5) is 0 Å². The molecule has 2 rings (SSSR count). The standard InChI is InChI=1S/C16H24Cl2N2/c1-11-5-3-6-12(9-11)20(2)15(10-19)13-7-4-8-14(17)16(13)18/h4,7-8,11-12,15H,3,5-6,9-10,19H2,1-2H3. The van der Waals surface area contributed by atoms with Gasteiger partial charge in [-0.2, -0.15) is 0 Å². The molecular weight excluding hydrogens is 291 g/mol. The van der Waals surface area contributed by atoms with Crippen LogP contribution in [0.5, 0.6) is 0 Å². The van der Waals surface area contributed by atoms with E-state index in [2.05, 4.69) is 18.9 Å². The van der Waals surface area contributed by atoms with Gasteiger partial charge in [-0.3, -0.25) is 4.90 Å². The zero-order valence-corrected chi connectivity index (χ0v) is 13.8. The maximum Gasteiger partial charge on any atom is 0.0640 e. The lowest BCUT2D eigenvalue weighted by Crippen LogP contribution is -2.41. The number of benzene rings is 1. The molecule has 1 aromatic rings. The van der Waals surface area contributed by atoms with Crippen LogP contribution < -0.4 is 5.73 Å². The highest BCUT2D eigenvalue weighted by molar-refractivity contribution is 6.42. The minimum Gasteiger partial charge on any atom is -0.329 e. The van der Waals surface area contributed by atoms with E-state index in [4.69, 9.17) is 28.9 Å². The summed E-state index contributed by atoms with van der Waals surface area (Å²) in [6, 6.07) is 6.53. The number of hydrogen-bond acceptors (Lipinski definition) is 2. The summed E-state index contributed by atoms with van der Waals surface area (Å²) in [7, 11) is 2.16. The third-order valence-corrected chi connectivity index (χ3v) is 5.37. The van der Waals surface area contributed by atoms with Gasteiger partial charge < -0.3 is 5.73 Å². The first-order valence-electron chi connectivity index (χ1n) is 7.40. The zero-order valence-electron chi connectivity index (χ0n) is 12.3. The van der Waals surface area contributed by atoms with E-state index in [1.165, 1.54) is 25.7 Å². The minimum atomic E-state index is 0.136. The fourth-order valence-corrected chi connectivity index (χ4v) is 3.75. The Bertz CT molecular complexity index is 450. The average molecular weight is 315 g/mol. The quantitative estimate of drug-likeness (QED) is 0.886. The Morgan fingerprint density at radius 3 is 2.75 bits per heavy atom. The molecule has 1 fully saturated rings. The molecule has 20 heavy (non-hydrogen) atoms. The summed E-state index contributed by atoms with van der Waals surface area (Å²) >= 11 is 12.5. The van der Waals surface area contributed by atoms with E-state index < -0.39 is 0 Å². The molecule has 0 spiro atoms. The zero-order chi connectivity index (χ0) is 14.7. The molecular formula is C16H24Cl2N2. The Labute approximate surface area is 132 Å². The Morgan fingerprint density at radius 1 is 1.35 bits per heavy atom. The molecule has 2 nitrogen and oxygen atoms in total. The second-order valence-corrected chi connectivity index (χ2v) is 6.77. The molecule has 0 saturated heterocycles. The Balaban J connectivity index is 2.20. The second kappa shape index (κ2) is 7.13. The van der Waals surface area contributed by atoms with Crippen molar-refractivity contribution >= 4 is 23.2 Å². The van der Waals surface area contributed by atoms with Crippen molar-refractivity contribution in [2.45, 2.75) is 44.7 Å². The lowest BCUT2D eigenvalue weighted by molar-refractivity contribution is 0.121. The Hall–Kier alpha value is -0.280. The summed E-state index contributed by atoms with van der Waals surface area (Å²) in [5, 5.41) is 1.24. The first-order valence-corrected chi connectivity index (χ1v) is 8.16. The van der Waals surface area contributed by atoms with E-state index >= 15 is 0 Å². The van der Waals surface area contributed by atoms with Gasteiger partial charge in [0.05, 0.1) is 10.0 Å². The first-order chi connectivity index (χ1) is 9.54. The van der Waals surface area contributed by atoms with Crippen molar-refractivity contribution in [2.75, 3.05) is 13.6 Å². The average Bonchev–Trinajstić information content (AvgIpc) is 2.44. The fourth-order valence-electron chi connectivity index (χ4n) is 3.32. The van der Waals surface area contributed by atoms with Gasteiger partial charge in [0.15, 0.2) is 0 Å². The van der Waals surface area contributed by atoms with Crippen LogP contribution in [0.2, 0.25) is 10.0 Å². The van der Waals surface area contributed by atoms with Gasteiger partial charge in [0.1, 0.15) is 0 Å². The third-order valence-electron chi connectivity index (χ3n) is 4.54. The molecule has 1 aliphatic carbocycles. The predicted molar refractivity (Wildman–Crippen MR) is 87.4 cm³/mol. The Morgan fingerprint density at radius 2 is 2.10 bits per heavy atom. The largest absolute Gasteiger partial charge is 0.329 e. The van der Waals surface area contributed by atoms with Crippen molar-refractivity contribution in [1.82, 2.24) is 4.90 Å². The van der Waals surface area contributed by atoms with Crippen molar-refractivity contribution < 1.29 is 0 Å². The monoisotopic (exact) mass is 314 g/mol. The maximum atomic E-state index is 6.36. The van der Waals surface area contributed by atoms with Crippen LogP contribution in [0.3, 0.4) is 0 Å². The summed E-state index contributed by atoms with van der Waals surface area (Å²) in [5.41, 5.74) is 7.07. The SMILES string of the molecule is CC1CCCC(N(C)C(CN)c2cccc(Cl)c2Cl)C1. The van der Waals surface area contributed by atoms with Crippen molar-refractivity contribution in [2.24, 2.45) is 11.7 Å². The molecule has 0 aromatic heterocycles. The molecule has 1 aromatic carbocycles. The molecule has 0 bridgehead atoms. The first kappa shape index (κ1) is 16.1. The molecule has 3 atom stereocenters. The third kappa shape index (κ3) is 3.48. The van der Waals surface area contributed by atoms with Gasteiger partial charge in [-0.1, -0.05) is 55.1 Å². The van der Waals surface area contributed by atoms with E-state index in [0.717, 1.165) is 11.5 Å². The van der Waals surface area contributed by atoms with E-state index in [1.807, 2.05) is 18.2 Å². The molecule has 3 unspecified atom stereocenters. The van der Waals surface area contributed by atoms with E-state index in [1.54, 1.807) is 0 Å².